The Morgan fingerprint density at radius 3 is 2.83 bits per heavy atom. The first-order valence-corrected chi connectivity index (χ1v) is 11.1. The third-order valence-corrected chi connectivity index (χ3v) is 6.42. The number of benzene rings is 1. The van der Waals surface area contributed by atoms with Crippen LogP contribution >= 0.6 is 23.4 Å². The summed E-state index contributed by atoms with van der Waals surface area (Å²) in [5.41, 5.74) is 4.61. The first kappa shape index (κ1) is 20.0. The number of amides is 1. The van der Waals surface area contributed by atoms with E-state index < -0.39 is 0 Å². The van der Waals surface area contributed by atoms with Crippen molar-refractivity contribution in [1.82, 2.24) is 19.6 Å². The van der Waals surface area contributed by atoms with Gasteiger partial charge in [0, 0.05) is 48.1 Å². The molecule has 2 aromatic heterocycles. The Morgan fingerprint density at radius 2 is 2.07 bits per heavy atom. The summed E-state index contributed by atoms with van der Waals surface area (Å²) < 4.78 is 1.71. The van der Waals surface area contributed by atoms with Crippen molar-refractivity contribution in [3.8, 4) is 0 Å². The molecule has 7 nitrogen and oxygen atoms in total. The third-order valence-electron chi connectivity index (χ3n) is 5.17. The van der Waals surface area contributed by atoms with E-state index in [1.165, 1.54) is 6.33 Å². The number of hydrogen-bond donors (Lipinski definition) is 1. The largest absolute Gasteiger partial charge is 0.369 e. The Balaban J connectivity index is 1.40. The van der Waals surface area contributed by atoms with Gasteiger partial charge in [0.1, 0.15) is 6.33 Å². The van der Waals surface area contributed by atoms with Gasteiger partial charge in [-0.2, -0.15) is 21.8 Å². The van der Waals surface area contributed by atoms with Gasteiger partial charge in [-0.15, -0.1) is 0 Å². The van der Waals surface area contributed by atoms with E-state index in [2.05, 4.69) is 25.3 Å². The topological polar surface area (TPSA) is 75.4 Å². The number of aromatic nitrogens is 4. The fraction of sp³-hybridized carbons (Fsp3) is 0.400. The van der Waals surface area contributed by atoms with E-state index in [0.717, 1.165) is 47.2 Å². The molecule has 29 heavy (non-hydrogen) atoms. The molecule has 0 bridgehead atoms. The van der Waals surface area contributed by atoms with Crippen molar-refractivity contribution in [2.45, 2.75) is 26.7 Å². The molecule has 1 N–H and O–H groups in total. The summed E-state index contributed by atoms with van der Waals surface area (Å²) in [5.74, 6) is 2.75. The summed E-state index contributed by atoms with van der Waals surface area (Å²) in [6.07, 6.45) is 2.43. The molecule has 4 rings (SSSR count). The van der Waals surface area contributed by atoms with Crippen LogP contribution in [-0.2, 0) is 11.2 Å². The molecule has 152 valence electrons. The normalized spacial score (nSPS) is 14.4. The number of aryl methyl sites for hydroxylation is 2. The number of anilines is 2. The standard InChI is InChI=1S/C20H23ClN6OS/c1-13-16(14(2)27-20(24-13)22-12-23-27)4-6-19(28)25-15-3-5-18(17(21)11-15)26-7-9-29-10-8-26/h3,5,11-12H,4,6-10H2,1-2H3,(H,25,28). The number of nitrogens with zero attached hydrogens (tertiary/aromatic N) is 5. The van der Waals surface area contributed by atoms with Crippen LogP contribution in [0.15, 0.2) is 24.5 Å². The molecule has 0 atom stereocenters. The zero-order valence-corrected chi connectivity index (χ0v) is 18.1. The number of carbonyl (C=O) groups excluding carboxylic acids is 1. The molecule has 1 aromatic carbocycles. The summed E-state index contributed by atoms with van der Waals surface area (Å²) in [7, 11) is 0. The van der Waals surface area contributed by atoms with Crippen LogP contribution in [0, 0.1) is 13.8 Å². The van der Waals surface area contributed by atoms with Crippen molar-refractivity contribution in [2.24, 2.45) is 0 Å². The molecule has 9 heteroatoms. The lowest BCUT2D eigenvalue weighted by Gasteiger charge is -2.29. The van der Waals surface area contributed by atoms with Crippen LogP contribution in [0.5, 0.6) is 0 Å². The van der Waals surface area contributed by atoms with E-state index in [0.29, 0.717) is 29.3 Å². The molecule has 1 fully saturated rings. The highest BCUT2D eigenvalue weighted by Crippen LogP contribution is 2.30. The van der Waals surface area contributed by atoms with Gasteiger partial charge in [-0.25, -0.2) is 9.50 Å². The fourth-order valence-electron chi connectivity index (χ4n) is 3.62. The maximum Gasteiger partial charge on any atom is 0.252 e. The van der Waals surface area contributed by atoms with Crippen molar-refractivity contribution >= 4 is 46.4 Å². The monoisotopic (exact) mass is 430 g/mol. The van der Waals surface area contributed by atoms with Crippen molar-refractivity contribution < 1.29 is 4.79 Å². The summed E-state index contributed by atoms with van der Waals surface area (Å²) in [5, 5.41) is 7.82. The highest BCUT2D eigenvalue weighted by Gasteiger charge is 2.16. The van der Waals surface area contributed by atoms with Crippen molar-refractivity contribution in [3.05, 3.63) is 46.5 Å². The smallest absolute Gasteiger partial charge is 0.252 e. The number of fused-ring (bicyclic) bond motifs is 1. The summed E-state index contributed by atoms with van der Waals surface area (Å²) >= 11 is 8.44. The van der Waals surface area contributed by atoms with Crippen LogP contribution in [0.3, 0.4) is 0 Å². The van der Waals surface area contributed by atoms with Gasteiger partial charge in [0.25, 0.3) is 5.78 Å². The highest BCUT2D eigenvalue weighted by atomic mass is 35.5. The minimum Gasteiger partial charge on any atom is -0.369 e. The van der Waals surface area contributed by atoms with Crippen LogP contribution in [0.1, 0.15) is 23.4 Å². The lowest BCUT2D eigenvalue weighted by Crippen LogP contribution is -2.32. The van der Waals surface area contributed by atoms with Crippen LogP contribution in [0.25, 0.3) is 5.78 Å². The van der Waals surface area contributed by atoms with Crippen LogP contribution < -0.4 is 10.2 Å². The molecule has 0 radical (unpaired) electrons. The lowest BCUT2D eigenvalue weighted by molar-refractivity contribution is -0.116. The van der Waals surface area contributed by atoms with Crippen molar-refractivity contribution in [3.63, 3.8) is 0 Å². The van der Waals surface area contributed by atoms with E-state index in [1.807, 2.05) is 43.8 Å². The Labute approximate surface area is 178 Å². The zero-order valence-electron chi connectivity index (χ0n) is 16.5. The van der Waals surface area contributed by atoms with Gasteiger partial charge in [0.05, 0.1) is 10.7 Å². The van der Waals surface area contributed by atoms with Gasteiger partial charge in [-0.3, -0.25) is 4.79 Å². The van der Waals surface area contributed by atoms with Gasteiger partial charge in [-0.1, -0.05) is 11.6 Å². The van der Waals surface area contributed by atoms with E-state index in [1.54, 1.807) is 4.52 Å². The molecule has 3 aromatic rings. The highest BCUT2D eigenvalue weighted by molar-refractivity contribution is 7.99. The number of halogens is 1. The van der Waals surface area contributed by atoms with Gasteiger partial charge in [-0.05, 0) is 44.0 Å². The Bertz CT molecular complexity index is 1050. The maximum absolute atomic E-state index is 12.5. The predicted molar refractivity (Wildman–Crippen MR) is 118 cm³/mol. The minimum atomic E-state index is -0.0549. The number of carbonyl (C=O) groups is 1. The van der Waals surface area contributed by atoms with E-state index >= 15 is 0 Å². The maximum atomic E-state index is 12.5. The molecule has 1 aliphatic heterocycles. The van der Waals surface area contributed by atoms with Crippen LogP contribution in [0.4, 0.5) is 11.4 Å². The molecule has 0 unspecified atom stereocenters. The number of rotatable bonds is 5. The molecule has 0 saturated carbocycles. The minimum absolute atomic E-state index is 0.0549. The Kier molecular flexibility index (Phi) is 5.91. The summed E-state index contributed by atoms with van der Waals surface area (Å²) in [6, 6.07) is 5.74. The second-order valence-corrected chi connectivity index (χ2v) is 8.68. The molecule has 3 heterocycles. The van der Waals surface area contributed by atoms with Crippen molar-refractivity contribution in [1.29, 1.82) is 0 Å². The molecule has 0 aliphatic carbocycles. The van der Waals surface area contributed by atoms with Gasteiger partial charge >= 0.3 is 0 Å². The zero-order chi connectivity index (χ0) is 20.4. The third kappa shape index (κ3) is 4.33. The average molecular weight is 431 g/mol. The lowest BCUT2D eigenvalue weighted by atomic mass is 10.1. The molecular formula is C20H23ClN6OS. The number of hydrogen-bond acceptors (Lipinski definition) is 6. The average Bonchev–Trinajstić information content (AvgIpc) is 3.17. The molecule has 1 saturated heterocycles. The van der Waals surface area contributed by atoms with E-state index in [-0.39, 0.29) is 5.91 Å². The van der Waals surface area contributed by atoms with Gasteiger partial charge in [0.15, 0.2) is 0 Å². The van der Waals surface area contributed by atoms with E-state index in [4.69, 9.17) is 11.6 Å². The second-order valence-electron chi connectivity index (χ2n) is 7.05. The summed E-state index contributed by atoms with van der Waals surface area (Å²) in [4.78, 5) is 23.4. The van der Waals surface area contributed by atoms with Gasteiger partial charge in [0.2, 0.25) is 5.91 Å². The first-order valence-electron chi connectivity index (χ1n) is 9.61. The number of thioether (sulfide) groups is 1. The quantitative estimate of drug-likeness (QED) is 0.667. The first-order chi connectivity index (χ1) is 14.0. The molecular weight excluding hydrogens is 408 g/mol. The molecule has 1 aliphatic rings. The van der Waals surface area contributed by atoms with Crippen LogP contribution in [-0.4, -0.2) is 50.1 Å². The Morgan fingerprint density at radius 1 is 1.28 bits per heavy atom. The molecule has 1 amide bonds. The Hall–Kier alpha value is -2.32. The predicted octanol–water partition coefficient (Wildman–Crippen LogP) is 3.52. The SMILES string of the molecule is Cc1nc2ncnn2c(C)c1CCC(=O)Nc1ccc(N2CCSCC2)c(Cl)c1. The fourth-order valence-corrected chi connectivity index (χ4v) is 4.83. The van der Waals surface area contributed by atoms with Gasteiger partial charge < -0.3 is 10.2 Å². The summed E-state index contributed by atoms with van der Waals surface area (Å²) in [6.45, 7) is 5.91. The second kappa shape index (κ2) is 8.59. The number of nitrogens with one attached hydrogen (secondary N) is 1. The molecule has 0 spiro atoms. The van der Waals surface area contributed by atoms with E-state index in [9.17, 15) is 4.79 Å². The van der Waals surface area contributed by atoms with Crippen LogP contribution in [0.2, 0.25) is 5.02 Å². The van der Waals surface area contributed by atoms with Crippen molar-refractivity contribution in [2.75, 3.05) is 34.8 Å².